The molecular weight excluding hydrogens is 459 g/mol. The van der Waals surface area contributed by atoms with E-state index >= 15 is 0 Å². The van der Waals surface area contributed by atoms with Crippen LogP contribution in [0.3, 0.4) is 0 Å². The number of nitrogens with zero attached hydrogens (tertiary/aromatic N) is 1. The summed E-state index contributed by atoms with van der Waals surface area (Å²) in [6, 6.07) is 12.2. The van der Waals surface area contributed by atoms with Gasteiger partial charge in [0.1, 0.15) is 11.8 Å². The van der Waals surface area contributed by atoms with Gasteiger partial charge in [0, 0.05) is 28.2 Å². The zero-order chi connectivity index (χ0) is 24.5. The van der Waals surface area contributed by atoms with Gasteiger partial charge in [0.2, 0.25) is 5.91 Å². The summed E-state index contributed by atoms with van der Waals surface area (Å²) in [4.78, 5) is 28.0. The van der Waals surface area contributed by atoms with Crippen molar-refractivity contribution in [2.24, 2.45) is 0 Å². The van der Waals surface area contributed by atoms with E-state index in [9.17, 15) is 9.59 Å². The van der Waals surface area contributed by atoms with Crippen LogP contribution in [-0.4, -0.2) is 35.4 Å². The van der Waals surface area contributed by atoms with Crippen molar-refractivity contribution >= 4 is 35.0 Å². The smallest absolute Gasteiger partial charge is 0.261 e. The maximum Gasteiger partial charge on any atom is 0.261 e. The molecule has 33 heavy (non-hydrogen) atoms. The fraction of sp³-hybridized carbons (Fsp3) is 0.462. The largest absolute Gasteiger partial charge is 0.483 e. The Labute approximate surface area is 207 Å². The highest BCUT2D eigenvalue weighted by atomic mass is 35.5. The molecule has 2 rings (SSSR count). The zero-order valence-corrected chi connectivity index (χ0v) is 21.5. The molecule has 2 amide bonds. The molecule has 0 saturated heterocycles. The van der Waals surface area contributed by atoms with Gasteiger partial charge in [0.05, 0.1) is 0 Å². The van der Waals surface area contributed by atoms with Crippen molar-refractivity contribution in [2.75, 3.05) is 6.61 Å². The van der Waals surface area contributed by atoms with E-state index in [0.29, 0.717) is 27.8 Å². The maximum absolute atomic E-state index is 13.4. The molecule has 0 aliphatic heterocycles. The summed E-state index contributed by atoms with van der Waals surface area (Å²) in [6.07, 6.45) is 1.24. The molecule has 0 spiro atoms. The van der Waals surface area contributed by atoms with Gasteiger partial charge in [-0.3, -0.25) is 9.59 Å². The fourth-order valence-corrected chi connectivity index (χ4v) is 4.04. The molecule has 0 fully saturated rings. The third-order valence-corrected chi connectivity index (χ3v) is 6.38. The molecule has 180 valence electrons. The maximum atomic E-state index is 13.4. The van der Waals surface area contributed by atoms with Crippen LogP contribution in [0.1, 0.15) is 64.5 Å². The molecule has 2 aromatic rings. The van der Waals surface area contributed by atoms with Crippen molar-refractivity contribution in [3.63, 3.8) is 0 Å². The summed E-state index contributed by atoms with van der Waals surface area (Å²) in [5, 5.41) is 3.88. The lowest BCUT2D eigenvalue weighted by molar-refractivity contribution is -0.143. The van der Waals surface area contributed by atoms with Gasteiger partial charge in [-0.25, -0.2) is 0 Å². The lowest BCUT2D eigenvalue weighted by atomic mass is 10.0. The number of hydrogen-bond donors (Lipinski definition) is 1. The minimum absolute atomic E-state index is 0.00146. The van der Waals surface area contributed by atoms with Crippen molar-refractivity contribution in [3.8, 4) is 5.75 Å². The average Bonchev–Trinajstić information content (AvgIpc) is 2.79. The second-order valence-corrected chi connectivity index (χ2v) is 9.26. The molecule has 0 aliphatic carbocycles. The molecule has 0 aliphatic rings. The molecular formula is C26H34Cl2N2O3. The number of carbonyl (C=O) groups excluding carboxylic acids is 2. The van der Waals surface area contributed by atoms with Gasteiger partial charge >= 0.3 is 0 Å². The highest BCUT2D eigenvalue weighted by Gasteiger charge is 2.30. The number of benzene rings is 2. The highest BCUT2D eigenvalue weighted by Crippen LogP contribution is 2.28. The number of ether oxygens (including phenoxy) is 1. The summed E-state index contributed by atoms with van der Waals surface area (Å²) < 4.78 is 5.93. The second-order valence-electron chi connectivity index (χ2n) is 8.44. The first-order chi connectivity index (χ1) is 15.7. The lowest BCUT2D eigenvalue weighted by Gasteiger charge is -2.32. The Morgan fingerprint density at radius 3 is 2.18 bits per heavy atom. The summed E-state index contributed by atoms with van der Waals surface area (Å²) in [5.74, 6) is 0.398. The van der Waals surface area contributed by atoms with Gasteiger partial charge in [-0.2, -0.15) is 0 Å². The van der Waals surface area contributed by atoms with Gasteiger partial charge < -0.3 is 15.0 Å². The minimum atomic E-state index is -0.678. The quantitative estimate of drug-likeness (QED) is 0.405. The highest BCUT2D eigenvalue weighted by molar-refractivity contribution is 6.36. The monoisotopic (exact) mass is 492 g/mol. The van der Waals surface area contributed by atoms with Gasteiger partial charge in [0.25, 0.3) is 5.91 Å². The normalized spacial score (nSPS) is 12.8. The van der Waals surface area contributed by atoms with Crippen LogP contribution in [0.2, 0.25) is 10.0 Å². The fourth-order valence-electron chi connectivity index (χ4n) is 3.53. The number of amides is 2. The van der Waals surface area contributed by atoms with E-state index in [-0.39, 0.29) is 36.9 Å². The lowest BCUT2D eigenvalue weighted by Crippen LogP contribution is -2.51. The zero-order valence-electron chi connectivity index (χ0n) is 20.0. The van der Waals surface area contributed by atoms with Gasteiger partial charge in [0.15, 0.2) is 6.61 Å². The number of nitrogens with one attached hydrogen (secondary N) is 1. The van der Waals surface area contributed by atoms with Crippen molar-refractivity contribution in [3.05, 3.63) is 63.6 Å². The molecule has 5 nitrogen and oxygen atoms in total. The molecule has 0 saturated carbocycles. The average molecular weight is 493 g/mol. The summed E-state index contributed by atoms with van der Waals surface area (Å²) in [7, 11) is 0. The van der Waals surface area contributed by atoms with Crippen LogP contribution in [-0.2, 0) is 16.1 Å². The van der Waals surface area contributed by atoms with E-state index in [1.165, 1.54) is 4.90 Å². The van der Waals surface area contributed by atoms with Gasteiger partial charge in [-0.05, 0) is 49.4 Å². The predicted octanol–water partition coefficient (Wildman–Crippen LogP) is 6.22. The third kappa shape index (κ3) is 7.38. The van der Waals surface area contributed by atoms with Gasteiger partial charge in [-0.1, -0.05) is 75.2 Å². The first-order valence-corrected chi connectivity index (χ1v) is 12.2. The number of carbonyl (C=O) groups is 2. The van der Waals surface area contributed by atoms with E-state index in [0.717, 1.165) is 12.0 Å². The second kappa shape index (κ2) is 12.9. The molecule has 0 aromatic heterocycles. The van der Waals surface area contributed by atoms with Gasteiger partial charge in [-0.15, -0.1) is 0 Å². The third-order valence-electron chi connectivity index (χ3n) is 5.67. The first kappa shape index (κ1) is 27.0. The van der Waals surface area contributed by atoms with Crippen molar-refractivity contribution in [1.29, 1.82) is 0 Å². The first-order valence-electron chi connectivity index (χ1n) is 11.4. The van der Waals surface area contributed by atoms with Crippen molar-refractivity contribution < 1.29 is 14.3 Å². The van der Waals surface area contributed by atoms with E-state index in [1.54, 1.807) is 18.2 Å². The summed E-state index contributed by atoms with van der Waals surface area (Å²) >= 11 is 12.8. The number of rotatable bonds is 11. The number of para-hydroxylation sites is 1. The molecule has 1 N–H and O–H groups in total. The Bertz CT molecular complexity index is 929. The van der Waals surface area contributed by atoms with Crippen LogP contribution >= 0.6 is 23.2 Å². The van der Waals surface area contributed by atoms with Crippen molar-refractivity contribution in [2.45, 2.75) is 72.0 Å². The van der Waals surface area contributed by atoms with Crippen LogP contribution < -0.4 is 10.1 Å². The van der Waals surface area contributed by atoms with E-state index < -0.39 is 6.04 Å². The topological polar surface area (TPSA) is 58.6 Å². The van der Waals surface area contributed by atoms with E-state index in [4.69, 9.17) is 27.9 Å². The molecule has 2 aromatic carbocycles. The van der Waals surface area contributed by atoms with Crippen LogP contribution in [0.25, 0.3) is 0 Å². The molecule has 7 heteroatoms. The Hall–Kier alpha value is -2.24. The predicted molar refractivity (Wildman–Crippen MR) is 135 cm³/mol. The molecule has 2 atom stereocenters. The molecule has 0 heterocycles. The minimum Gasteiger partial charge on any atom is -0.483 e. The van der Waals surface area contributed by atoms with Crippen LogP contribution in [0, 0.1) is 0 Å². The Kier molecular flexibility index (Phi) is 10.5. The van der Waals surface area contributed by atoms with Crippen LogP contribution in [0.4, 0.5) is 0 Å². The standard InChI is InChI=1S/C26H34Cl2N2O3/c1-6-18(5)29-26(32)23(7-2)30(15-20-21(27)12-10-13-22(20)28)25(31)16-33-24-14-9-8-11-19(24)17(3)4/h8-14,17-18,23H,6-7,15-16H2,1-5H3,(H,29,32)/t18-,23+/m1/s1. The van der Waals surface area contributed by atoms with E-state index in [1.807, 2.05) is 45.0 Å². The SMILES string of the molecule is CC[C@@H](C)NC(=O)[C@H](CC)N(Cc1c(Cl)cccc1Cl)C(=O)COc1ccccc1C(C)C. The molecule has 0 bridgehead atoms. The molecule has 0 radical (unpaired) electrons. The Morgan fingerprint density at radius 2 is 1.61 bits per heavy atom. The van der Waals surface area contributed by atoms with Crippen molar-refractivity contribution in [1.82, 2.24) is 10.2 Å². The Balaban J connectivity index is 2.32. The van der Waals surface area contributed by atoms with E-state index in [2.05, 4.69) is 19.2 Å². The number of hydrogen-bond acceptors (Lipinski definition) is 3. The van der Waals surface area contributed by atoms with Crippen LogP contribution in [0.5, 0.6) is 5.75 Å². The number of halogens is 2. The summed E-state index contributed by atoms with van der Waals surface area (Å²) in [6.45, 7) is 9.87. The molecule has 0 unspecified atom stereocenters. The Morgan fingerprint density at radius 1 is 0.970 bits per heavy atom. The summed E-state index contributed by atoms with van der Waals surface area (Å²) in [5.41, 5.74) is 1.62. The van der Waals surface area contributed by atoms with Crippen LogP contribution in [0.15, 0.2) is 42.5 Å².